The molecule has 2 rings (SSSR count). The largest absolute Gasteiger partial charge is 0.416 e. The van der Waals surface area contributed by atoms with Crippen molar-refractivity contribution in [2.75, 3.05) is 0 Å². The molecule has 22 heavy (non-hydrogen) atoms. The van der Waals surface area contributed by atoms with Gasteiger partial charge in [-0.25, -0.2) is 23.9 Å². The van der Waals surface area contributed by atoms with E-state index in [0.717, 1.165) is 28.9 Å². The van der Waals surface area contributed by atoms with Crippen LogP contribution in [0.1, 0.15) is 28.1 Å². The molecule has 118 valence electrons. The molecule has 0 spiro atoms. The lowest BCUT2D eigenvalue weighted by molar-refractivity contribution is -0.137. The Kier molecular flexibility index (Phi) is 2.94. The number of benzene rings is 1. The van der Waals surface area contributed by atoms with E-state index >= 15 is 0 Å². The van der Waals surface area contributed by atoms with Gasteiger partial charge in [0, 0.05) is 11.2 Å². The number of allylic oxidation sites excluding steroid dienone is 1. The van der Waals surface area contributed by atoms with Crippen LogP contribution in [0.25, 0.3) is 0 Å². The molecule has 0 saturated heterocycles. The Morgan fingerprint density at radius 3 is 2.32 bits per heavy atom. The Labute approximate surface area is 127 Å². The second-order valence-corrected chi connectivity index (χ2v) is 4.68. The third kappa shape index (κ3) is 2.76. The Morgan fingerprint density at radius 1 is 1.32 bits per heavy atom. The van der Waals surface area contributed by atoms with E-state index in [1.165, 1.54) is 7.05 Å². The molecule has 0 aliphatic carbocycles. The van der Waals surface area contributed by atoms with Crippen molar-refractivity contribution in [2.45, 2.75) is 19.1 Å². The Bertz CT molecular complexity index is 905. The van der Waals surface area contributed by atoms with Crippen molar-refractivity contribution in [1.29, 1.82) is 0 Å². The Hall–Kier alpha value is -2.51. The fraction of sp³-hybridized carbons (Fsp3) is 0.286. The molecule has 5 nitrogen and oxygen atoms in total. The molecule has 0 aliphatic rings. The lowest BCUT2D eigenvalue weighted by Gasteiger charge is -2.18. The van der Waals surface area contributed by atoms with Crippen LogP contribution in [0.3, 0.4) is 0 Å². The van der Waals surface area contributed by atoms with Crippen molar-refractivity contribution in [1.82, 2.24) is 14.3 Å². The van der Waals surface area contributed by atoms with Crippen LogP contribution in [0.2, 0.25) is 0 Å². The molecule has 0 amide bonds. The van der Waals surface area contributed by atoms with Crippen LogP contribution >= 0.6 is 0 Å². The van der Waals surface area contributed by atoms with E-state index in [-0.39, 0.29) is 5.56 Å². The van der Waals surface area contributed by atoms with Gasteiger partial charge in [0.1, 0.15) is 6.04 Å². The first-order valence-electron chi connectivity index (χ1n) is 7.58. The van der Waals surface area contributed by atoms with E-state index in [1.54, 1.807) is 0 Å². The summed E-state index contributed by atoms with van der Waals surface area (Å²) in [6.07, 6.45) is -4.56. The molecular weight excluding hydrogens is 299 g/mol. The van der Waals surface area contributed by atoms with Crippen molar-refractivity contribution in [3.05, 3.63) is 68.5 Å². The third-order valence-electron chi connectivity index (χ3n) is 3.16. The number of aromatic amines is 1. The highest BCUT2D eigenvalue weighted by Gasteiger charge is 2.30. The molecule has 1 aromatic heterocycles. The number of rotatable bonds is 3. The van der Waals surface area contributed by atoms with Crippen LogP contribution < -0.4 is 11.4 Å². The van der Waals surface area contributed by atoms with Crippen LogP contribution in [0.5, 0.6) is 0 Å². The maximum absolute atomic E-state index is 12.7. The minimum atomic E-state index is -4.56. The summed E-state index contributed by atoms with van der Waals surface area (Å²) in [5.74, 6) is 0. The standard InChI is InChI=1S/C14H14F3N3O2/c1-8(2)11(20-13(22)19(3)12(21)18-20)9-4-6-10(7-5-9)14(15,16)17/h4-7,11H,1H2,2-3H3,(H,18,21)/i2D3. The molecule has 8 heteroatoms. The van der Waals surface area contributed by atoms with Gasteiger partial charge in [-0.1, -0.05) is 24.3 Å². The second kappa shape index (κ2) is 5.36. The number of hydrogen-bond donors (Lipinski definition) is 1. The summed E-state index contributed by atoms with van der Waals surface area (Å²) in [6.45, 7) is 0.760. The molecule has 0 fully saturated rings. The molecule has 0 saturated carbocycles. The second-order valence-electron chi connectivity index (χ2n) is 4.68. The van der Waals surface area contributed by atoms with Gasteiger partial charge in [-0.3, -0.25) is 0 Å². The monoisotopic (exact) mass is 316 g/mol. The molecule has 1 unspecified atom stereocenters. The van der Waals surface area contributed by atoms with Gasteiger partial charge in [0.15, 0.2) is 0 Å². The number of halogens is 3. The SMILES string of the molecule is [2H]C([2H])([2H])C(=C)C(c1ccc(C(F)(F)F)cc1)n1[nH]c(=O)n(C)c1=O. The molecule has 1 atom stereocenters. The number of H-pyrrole nitrogens is 1. The molecule has 1 aromatic carbocycles. The number of aromatic nitrogens is 3. The average Bonchev–Trinajstić information content (AvgIpc) is 2.74. The van der Waals surface area contributed by atoms with E-state index in [1.807, 2.05) is 0 Å². The fourth-order valence-electron chi connectivity index (χ4n) is 2.01. The fourth-order valence-corrected chi connectivity index (χ4v) is 2.01. The smallest absolute Gasteiger partial charge is 0.246 e. The summed E-state index contributed by atoms with van der Waals surface area (Å²) >= 11 is 0. The number of alkyl halides is 3. The average molecular weight is 316 g/mol. The van der Waals surface area contributed by atoms with Crippen LogP contribution in [0, 0.1) is 0 Å². The Morgan fingerprint density at radius 2 is 1.91 bits per heavy atom. The van der Waals surface area contributed by atoms with E-state index in [4.69, 9.17) is 4.11 Å². The molecule has 1 N–H and O–H groups in total. The lowest BCUT2D eigenvalue weighted by atomic mass is 10.00. The third-order valence-corrected chi connectivity index (χ3v) is 3.16. The summed E-state index contributed by atoms with van der Waals surface area (Å²) in [6, 6.07) is 2.27. The zero-order chi connectivity index (χ0) is 19.2. The summed E-state index contributed by atoms with van der Waals surface area (Å²) in [5.41, 5.74) is -2.92. The highest BCUT2D eigenvalue weighted by Crippen LogP contribution is 2.31. The predicted molar refractivity (Wildman–Crippen MR) is 74.7 cm³/mol. The number of hydrogen-bond acceptors (Lipinski definition) is 2. The molecule has 1 heterocycles. The zero-order valence-corrected chi connectivity index (χ0v) is 11.4. The van der Waals surface area contributed by atoms with Gasteiger partial charge in [-0.2, -0.15) is 13.2 Å². The number of nitrogens with zero attached hydrogens (tertiary/aromatic N) is 2. The normalized spacial score (nSPS) is 15.7. The molecule has 2 aromatic rings. The highest BCUT2D eigenvalue weighted by atomic mass is 19.4. The summed E-state index contributed by atoms with van der Waals surface area (Å²) in [7, 11) is 1.18. The maximum Gasteiger partial charge on any atom is 0.416 e. The predicted octanol–water partition coefficient (Wildman–Crippen LogP) is 2.06. The minimum Gasteiger partial charge on any atom is -0.246 e. The van der Waals surface area contributed by atoms with Crippen LogP contribution in [0.4, 0.5) is 13.2 Å². The molecule has 0 radical (unpaired) electrons. The van der Waals surface area contributed by atoms with E-state index in [0.29, 0.717) is 4.57 Å². The Balaban J connectivity index is 2.64. The first-order valence-corrected chi connectivity index (χ1v) is 6.08. The van der Waals surface area contributed by atoms with Crippen molar-refractivity contribution in [2.24, 2.45) is 7.05 Å². The lowest BCUT2D eigenvalue weighted by Crippen LogP contribution is -2.29. The summed E-state index contributed by atoms with van der Waals surface area (Å²) < 4.78 is 62.0. The van der Waals surface area contributed by atoms with Crippen LogP contribution in [-0.2, 0) is 13.2 Å². The topological polar surface area (TPSA) is 59.8 Å². The summed E-state index contributed by atoms with van der Waals surface area (Å²) in [4.78, 5) is 23.8. The van der Waals surface area contributed by atoms with Gasteiger partial charge >= 0.3 is 17.6 Å². The zero-order valence-electron chi connectivity index (χ0n) is 14.4. The van der Waals surface area contributed by atoms with Gasteiger partial charge in [0.25, 0.3) is 0 Å². The number of nitrogens with one attached hydrogen (secondary N) is 1. The van der Waals surface area contributed by atoms with Gasteiger partial charge in [0.05, 0.1) is 5.56 Å². The quantitative estimate of drug-likeness (QED) is 0.881. The minimum absolute atomic E-state index is 0.0677. The maximum atomic E-state index is 12.7. The highest BCUT2D eigenvalue weighted by molar-refractivity contribution is 5.31. The van der Waals surface area contributed by atoms with Gasteiger partial charge in [-0.05, 0) is 24.5 Å². The van der Waals surface area contributed by atoms with E-state index in [2.05, 4.69) is 11.7 Å². The van der Waals surface area contributed by atoms with E-state index < -0.39 is 41.6 Å². The van der Waals surface area contributed by atoms with Crippen molar-refractivity contribution in [3.8, 4) is 0 Å². The summed E-state index contributed by atoms with van der Waals surface area (Å²) in [5, 5.41) is 2.19. The van der Waals surface area contributed by atoms with Crippen LogP contribution in [0.15, 0.2) is 46.0 Å². The van der Waals surface area contributed by atoms with Gasteiger partial charge in [0.2, 0.25) is 0 Å². The first-order chi connectivity index (χ1) is 11.3. The van der Waals surface area contributed by atoms with Crippen molar-refractivity contribution in [3.63, 3.8) is 0 Å². The molecular formula is C14H14F3N3O2. The first kappa shape index (κ1) is 12.1. The van der Waals surface area contributed by atoms with Crippen molar-refractivity contribution < 1.29 is 17.3 Å². The molecule has 0 bridgehead atoms. The van der Waals surface area contributed by atoms with E-state index in [9.17, 15) is 22.8 Å². The van der Waals surface area contributed by atoms with Crippen LogP contribution in [-0.4, -0.2) is 14.3 Å². The van der Waals surface area contributed by atoms with Crippen molar-refractivity contribution >= 4 is 0 Å². The van der Waals surface area contributed by atoms with Gasteiger partial charge < -0.3 is 0 Å². The van der Waals surface area contributed by atoms with Gasteiger partial charge in [-0.15, -0.1) is 0 Å². The molecule has 0 aliphatic heterocycles.